The van der Waals surface area contributed by atoms with Crippen LogP contribution in [0.5, 0.6) is 17.2 Å². The molecule has 1 aromatic heterocycles. The van der Waals surface area contributed by atoms with Gasteiger partial charge in [-0.05, 0) is 18.2 Å². The van der Waals surface area contributed by atoms with E-state index >= 15 is 0 Å². The van der Waals surface area contributed by atoms with Crippen molar-refractivity contribution in [1.82, 2.24) is 14.9 Å². The van der Waals surface area contributed by atoms with Gasteiger partial charge in [-0.3, -0.25) is 4.90 Å². The Bertz CT molecular complexity index is 1010. The molecule has 0 amide bonds. The van der Waals surface area contributed by atoms with E-state index in [2.05, 4.69) is 15.2 Å². The molecular weight excluding hydrogens is 380 g/mol. The second-order valence-electron chi connectivity index (χ2n) is 7.14. The summed E-state index contributed by atoms with van der Waals surface area (Å²) in [7, 11) is 4.94. The lowest BCUT2D eigenvalue weighted by Gasteiger charge is -2.28. The Morgan fingerprint density at radius 1 is 0.967 bits per heavy atom. The zero-order chi connectivity index (χ0) is 20.9. The highest BCUT2D eigenvalue weighted by molar-refractivity contribution is 5.53. The van der Waals surface area contributed by atoms with Gasteiger partial charge in [0.1, 0.15) is 5.75 Å². The van der Waals surface area contributed by atoms with Gasteiger partial charge < -0.3 is 19.5 Å². The van der Waals surface area contributed by atoms with Crippen LogP contribution < -0.4 is 19.5 Å². The summed E-state index contributed by atoms with van der Waals surface area (Å²) in [5, 5.41) is 3.27. The van der Waals surface area contributed by atoms with Crippen LogP contribution >= 0.6 is 0 Å². The van der Waals surface area contributed by atoms with Crippen LogP contribution in [0.3, 0.4) is 0 Å². The Labute approximate surface area is 176 Å². The van der Waals surface area contributed by atoms with E-state index in [0.29, 0.717) is 17.4 Å². The number of ether oxygens (including phenoxy) is 3. The van der Waals surface area contributed by atoms with E-state index in [1.54, 1.807) is 21.3 Å². The molecule has 0 aliphatic carbocycles. The van der Waals surface area contributed by atoms with Crippen LogP contribution in [0.2, 0.25) is 0 Å². The number of aromatic nitrogens is 2. The van der Waals surface area contributed by atoms with Crippen molar-refractivity contribution in [2.24, 2.45) is 0 Å². The molecule has 0 saturated heterocycles. The normalized spacial score (nSPS) is 13.4. The predicted molar refractivity (Wildman–Crippen MR) is 116 cm³/mol. The molecule has 2 aromatic carbocycles. The van der Waals surface area contributed by atoms with Gasteiger partial charge in [-0.2, -0.15) is 0 Å². The second-order valence-corrected chi connectivity index (χ2v) is 7.14. The first-order valence-corrected chi connectivity index (χ1v) is 9.88. The average molecular weight is 406 g/mol. The smallest absolute Gasteiger partial charge is 0.227 e. The molecule has 1 aliphatic heterocycles. The molecule has 30 heavy (non-hydrogen) atoms. The monoisotopic (exact) mass is 406 g/mol. The Kier molecular flexibility index (Phi) is 5.99. The Hall–Kier alpha value is -3.32. The molecule has 3 aromatic rings. The lowest BCUT2D eigenvalue weighted by Crippen LogP contribution is -2.31. The number of rotatable bonds is 7. The van der Waals surface area contributed by atoms with Crippen molar-refractivity contribution in [2.45, 2.75) is 19.5 Å². The first-order valence-electron chi connectivity index (χ1n) is 9.88. The number of nitrogens with one attached hydrogen (secondary N) is 1. The van der Waals surface area contributed by atoms with Gasteiger partial charge in [-0.15, -0.1) is 0 Å². The molecule has 0 unspecified atom stereocenters. The summed E-state index contributed by atoms with van der Waals surface area (Å²) >= 11 is 0. The minimum Gasteiger partial charge on any atom is -0.496 e. The van der Waals surface area contributed by atoms with Crippen LogP contribution in [0.25, 0.3) is 0 Å². The molecule has 0 bridgehead atoms. The first kappa shape index (κ1) is 20.0. The Morgan fingerprint density at radius 2 is 1.70 bits per heavy atom. The maximum Gasteiger partial charge on any atom is 0.227 e. The number of hydrogen-bond donors (Lipinski definition) is 1. The molecule has 0 radical (unpaired) electrons. The van der Waals surface area contributed by atoms with Crippen molar-refractivity contribution in [1.29, 1.82) is 0 Å². The van der Waals surface area contributed by atoms with E-state index < -0.39 is 0 Å². The maximum atomic E-state index is 5.58. The van der Waals surface area contributed by atoms with Crippen LogP contribution in [0.4, 0.5) is 11.6 Å². The third-order valence-corrected chi connectivity index (χ3v) is 5.22. The Morgan fingerprint density at radius 3 is 2.43 bits per heavy atom. The number of hydrogen-bond acceptors (Lipinski definition) is 7. The van der Waals surface area contributed by atoms with Gasteiger partial charge in [0.15, 0.2) is 11.5 Å². The van der Waals surface area contributed by atoms with Gasteiger partial charge >= 0.3 is 0 Å². The van der Waals surface area contributed by atoms with Gasteiger partial charge in [-0.25, -0.2) is 9.97 Å². The maximum absolute atomic E-state index is 5.58. The predicted octanol–water partition coefficient (Wildman–Crippen LogP) is 3.80. The van der Waals surface area contributed by atoms with Gasteiger partial charge in [-0.1, -0.05) is 18.2 Å². The zero-order valence-electron chi connectivity index (χ0n) is 17.5. The van der Waals surface area contributed by atoms with Gasteiger partial charge in [0.05, 0.1) is 27.0 Å². The number of para-hydroxylation sites is 1. The summed E-state index contributed by atoms with van der Waals surface area (Å²) in [5.74, 6) is 2.78. The van der Waals surface area contributed by atoms with Crippen LogP contribution in [0.15, 0.2) is 48.7 Å². The van der Waals surface area contributed by atoms with E-state index in [0.717, 1.165) is 54.3 Å². The number of fused-ring (bicyclic) bond motifs is 1. The number of nitrogens with zero attached hydrogens (tertiary/aromatic N) is 3. The molecule has 156 valence electrons. The Balaban J connectivity index is 1.48. The molecule has 4 rings (SSSR count). The fraction of sp³-hybridized carbons (Fsp3) is 0.304. The minimum absolute atomic E-state index is 0.634. The zero-order valence-corrected chi connectivity index (χ0v) is 17.5. The first-order chi connectivity index (χ1) is 14.7. The number of anilines is 2. The molecule has 0 spiro atoms. The van der Waals surface area contributed by atoms with E-state index in [-0.39, 0.29) is 0 Å². The van der Waals surface area contributed by atoms with Crippen molar-refractivity contribution >= 4 is 11.6 Å². The van der Waals surface area contributed by atoms with Gasteiger partial charge in [0.2, 0.25) is 5.95 Å². The van der Waals surface area contributed by atoms with Gasteiger partial charge in [0.25, 0.3) is 0 Å². The fourth-order valence-electron chi connectivity index (χ4n) is 3.68. The molecule has 0 saturated carbocycles. The highest BCUT2D eigenvalue weighted by atomic mass is 16.5. The molecule has 7 heteroatoms. The molecule has 1 aliphatic rings. The summed E-state index contributed by atoms with van der Waals surface area (Å²) in [6.07, 6.45) is 2.79. The summed E-state index contributed by atoms with van der Waals surface area (Å²) in [5.41, 5.74) is 4.29. The lowest BCUT2D eigenvalue weighted by atomic mass is 10.1. The van der Waals surface area contributed by atoms with Crippen molar-refractivity contribution in [3.05, 3.63) is 65.5 Å². The number of methoxy groups -OCH3 is 3. The summed E-state index contributed by atoms with van der Waals surface area (Å²) < 4.78 is 16.4. The largest absolute Gasteiger partial charge is 0.496 e. The molecule has 7 nitrogen and oxygen atoms in total. The van der Waals surface area contributed by atoms with Crippen molar-refractivity contribution in [2.75, 3.05) is 33.2 Å². The lowest BCUT2D eigenvalue weighted by molar-refractivity contribution is 0.238. The summed E-state index contributed by atoms with van der Waals surface area (Å²) in [6.45, 7) is 2.44. The fourth-order valence-corrected chi connectivity index (χ4v) is 3.68. The van der Waals surface area contributed by atoms with Crippen LogP contribution in [-0.4, -0.2) is 42.7 Å². The molecule has 2 heterocycles. The van der Waals surface area contributed by atoms with E-state index in [1.807, 2.05) is 48.7 Å². The average Bonchev–Trinajstić information content (AvgIpc) is 2.79. The van der Waals surface area contributed by atoms with Crippen LogP contribution in [-0.2, 0) is 19.5 Å². The van der Waals surface area contributed by atoms with Crippen molar-refractivity contribution in [3.63, 3.8) is 0 Å². The van der Waals surface area contributed by atoms with E-state index in [1.165, 1.54) is 0 Å². The summed E-state index contributed by atoms with van der Waals surface area (Å²) in [6, 6.07) is 13.8. The van der Waals surface area contributed by atoms with Gasteiger partial charge in [0, 0.05) is 55.1 Å². The third kappa shape index (κ3) is 4.31. The van der Waals surface area contributed by atoms with Crippen molar-refractivity contribution < 1.29 is 14.2 Å². The van der Waals surface area contributed by atoms with E-state index in [9.17, 15) is 0 Å². The highest BCUT2D eigenvalue weighted by Gasteiger charge is 2.21. The van der Waals surface area contributed by atoms with Crippen LogP contribution in [0.1, 0.15) is 16.8 Å². The topological polar surface area (TPSA) is 68.7 Å². The van der Waals surface area contributed by atoms with Crippen LogP contribution in [0, 0.1) is 0 Å². The van der Waals surface area contributed by atoms with Crippen molar-refractivity contribution in [3.8, 4) is 17.2 Å². The molecular formula is C23H26N4O3. The highest BCUT2D eigenvalue weighted by Crippen LogP contribution is 2.35. The quantitative estimate of drug-likeness (QED) is 0.640. The number of benzene rings is 2. The molecule has 0 atom stereocenters. The third-order valence-electron chi connectivity index (χ3n) is 5.22. The summed E-state index contributed by atoms with van der Waals surface area (Å²) in [4.78, 5) is 11.6. The standard InChI is InChI=1S/C23H26N4O3/c1-28-20-12-22(30-3)21(29-2)11-16(20)14-27-10-9-19-17(15-27)13-24-23(26-19)25-18-7-5-4-6-8-18/h4-8,11-13H,9-10,14-15H2,1-3H3,(H,24,25,26). The molecule has 1 N–H and O–H groups in total. The second kappa shape index (κ2) is 9.00. The van der Waals surface area contributed by atoms with E-state index in [4.69, 9.17) is 19.2 Å². The SMILES string of the molecule is COc1cc(OC)c(OC)cc1CN1CCc2nc(Nc3ccccc3)ncc2C1. The molecule has 0 fully saturated rings. The minimum atomic E-state index is 0.634.